The van der Waals surface area contributed by atoms with Gasteiger partial charge in [0.05, 0.1) is 24.6 Å². The van der Waals surface area contributed by atoms with Crippen molar-refractivity contribution in [3.8, 4) is 10.7 Å². The van der Waals surface area contributed by atoms with Crippen LogP contribution in [0, 0.1) is 0 Å². The molecule has 0 fully saturated rings. The molecule has 0 saturated carbocycles. The molecule has 0 aromatic carbocycles. The zero-order valence-corrected chi connectivity index (χ0v) is 12.4. The Morgan fingerprint density at radius 1 is 1.50 bits per heavy atom. The molecule has 108 valence electrons. The molecule has 0 atom stereocenters. The molecule has 0 amide bonds. The van der Waals surface area contributed by atoms with Crippen LogP contribution in [-0.4, -0.2) is 40.7 Å². The highest BCUT2D eigenvalue weighted by atomic mass is 32.1. The van der Waals surface area contributed by atoms with Crippen LogP contribution in [0.15, 0.2) is 22.0 Å². The van der Waals surface area contributed by atoms with Gasteiger partial charge in [0.25, 0.3) is 0 Å². The SMILES string of the molecule is CCOC(=O)CN(CC)Cc1nc(-c2cccs2)no1. The van der Waals surface area contributed by atoms with Gasteiger partial charge >= 0.3 is 5.97 Å². The van der Waals surface area contributed by atoms with Crippen LogP contribution < -0.4 is 0 Å². The van der Waals surface area contributed by atoms with Gasteiger partial charge in [-0.3, -0.25) is 9.69 Å². The topological polar surface area (TPSA) is 68.5 Å². The van der Waals surface area contributed by atoms with Gasteiger partial charge in [-0.2, -0.15) is 4.98 Å². The fraction of sp³-hybridized carbons (Fsp3) is 0.462. The Balaban J connectivity index is 1.96. The smallest absolute Gasteiger partial charge is 0.320 e. The maximum Gasteiger partial charge on any atom is 0.320 e. The molecule has 0 aliphatic heterocycles. The quantitative estimate of drug-likeness (QED) is 0.729. The second kappa shape index (κ2) is 7.16. The van der Waals surface area contributed by atoms with E-state index in [1.165, 1.54) is 0 Å². The Kier molecular flexibility index (Phi) is 5.25. The van der Waals surface area contributed by atoms with Crippen molar-refractivity contribution in [2.24, 2.45) is 0 Å². The van der Waals surface area contributed by atoms with Crippen molar-refractivity contribution in [1.82, 2.24) is 15.0 Å². The zero-order chi connectivity index (χ0) is 14.4. The molecule has 7 heteroatoms. The third-order valence-corrected chi connectivity index (χ3v) is 3.54. The second-order valence-electron chi connectivity index (χ2n) is 4.10. The van der Waals surface area contributed by atoms with Gasteiger partial charge in [-0.15, -0.1) is 11.3 Å². The fourth-order valence-corrected chi connectivity index (χ4v) is 2.33. The van der Waals surface area contributed by atoms with Crippen molar-refractivity contribution < 1.29 is 14.1 Å². The van der Waals surface area contributed by atoms with Crippen molar-refractivity contribution in [2.75, 3.05) is 19.7 Å². The number of ether oxygens (including phenoxy) is 1. The van der Waals surface area contributed by atoms with E-state index in [0.29, 0.717) is 31.4 Å². The molecule has 0 unspecified atom stereocenters. The van der Waals surface area contributed by atoms with Crippen LogP contribution in [0.4, 0.5) is 0 Å². The van der Waals surface area contributed by atoms with Gasteiger partial charge in [0, 0.05) is 0 Å². The molecule has 0 radical (unpaired) electrons. The lowest BCUT2D eigenvalue weighted by atomic mass is 10.4. The monoisotopic (exact) mass is 295 g/mol. The van der Waals surface area contributed by atoms with E-state index in [2.05, 4.69) is 10.1 Å². The lowest BCUT2D eigenvalue weighted by molar-refractivity contribution is -0.144. The molecule has 0 aliphatic rings. The largest absolute Gasteiger partial charge is 0.465 e. The first kappa shape index (κ1) is 14.7. The van der Waals surface area contributed by atoms with Crippen LogP contribution in [0.3, 0.4) is 0 Å². The van der Waals surface area contributed by atoms with E-state index < -0.39 is 0 Å². The normalized spacial score (nSPS) is 10.9. The standard InChI is InChI=1S/C13H17N3O3S/c1-3-16(9-12(17)18-4-2)8-11-14-13(15-19-11)10-6-5-7-20-10/h5-7H,3-4,8-9H2,1-2H3. The molecule has 2 heterocycles. The molecular formula is C13H17N3O3S. The second-order valence-corrected chi connectivity index (χ2v) is 5.05. The van der Waals surface area contributed by atoms with Crippen LogP contribution >= 0.6 is 11.3 Å². The molecular weight excluding hydrogens is 278 g/mol. The number of nitrogens with zero attached hydrogens (tertiary/aromatic N) is 3. The number of aromatic nitrogens is 2. The van der Waals surface area contributed by atoms with Crippen LogP contribution in [-0.2, 0) is 16.1 Å². The van der Waals surface area contributed by atoms with E-state index in [0.717, 1.165) is 4.88 Å². The Hall–Kier alpha value is -1.73. The lowest BCUT2D eigenvalue weighted by Gasteiger charge is -2.16. The molecule has 0 aliphatic carbocycles. The molecule has 2 rings (SSSR count). The Bertz CT molecular complexity index is 539. The number of carbonyl (C=O) groups excluding carboxylic acids is 1. The van der Waals surface area contributed by atoms with E-state index >= 15 is 0 Å². The van der Waals surface area contributed by atoms with Gasteiger partial charge in [-0.25, -0.2) is 0 Å². The number of thiophene rings is 1. The van der Waals surface area contributed by atoms with Crippen LogP contribution in [0.5, 0.6) is 0 Å². The number of esters is 1. The maximum atomic E-state index is 11.5. The molecule has 20 heavy (non-hydrogen) atoms. The highest BCUT2D eigenvalue weighted by molar-refractivity contribution is 7.13. The van der Waals surface area contributed by atoms with E-state index in [9.17, 15) is 4.79 Å². The molecule has 0 N–H and O–H groups in total. The summed E-state index contributed by atoms with van der Waals surface area (Å²) in [5.41, 5.74) is 0. The minimum atomic E-state index is -0.243. The summed E-state index contributed by atoms with van der Waals surface area (Å²) in [6, 6.07) is 3.88. The lowest BCUT2D eigenvalue weighted by Crippen LogP contribution is -2.30. The minimum absolute atomic E-state index is 0.223. The predicted octanol–water partition coefficient (Wildman–Crippen LogP) is 2.18. The molecule has 2 aromatic heterocycles. The average molecular weight is 295 g/mol. The van der Waals surface area contributed by atoms with Crippen molar-refractivity contribution in [3.63, 3.8) is 0 Å². The third kappa shape index (κ3) is 3.88. The van der Waals surface area contributed by atoms with Gasteiger partial charge in [-0.05, 0) is 24.9 Å². The first-order valence-corrected chi connectivity index (χ1v) is 7.35. The van der Waals surface area contributed by atoms with Crippen molar-refractivity contribution in [2.45, 2.75) is 20.4 Å². The first-order valence-electron chi connectivity index (χ1n) is 6.47. The highest BCUT2D eigenvalue weighted by Gasteiger charge is 2.15. The van der Waals surface area contributed by atoms with E-state index in [4.69, 9.17) is 9.26 Å². The average Bonchev–Trinajstić information content (AvgIpc) is 3.08. The molecule has 6 nitrogen and oxygen atoms in total. The first-order chi connectivity index (χ1) is 9.72. The van der Waals surface area contributed by atoms with Crippen LogP contribution in [0.25, 0.3) is 10.7 Å². The van der Waals surface area contributed by atoms with Crippen molar-refractivity contribution >= 4 is 17.3 Å². The van der Waals surface area contributed by atoms with Crippen molar-refractivity contribution in [1.29, 1.82) is 0 Å². The summed E-state index contributed by atoms with van der Waals surface area (Å²) < 4.78 is 10.1. The summed E-state index contributed by atoms with van der Waals surface area (Å²) in [7, 11) is 0. The summed E-state index contributed by atoms with van der Waals surface area (Å²) >= 11 is 1.56. The molecule has 2 aromatic rings. The summed E-state index contributed by atoms with van der Waals surface area (Å²) in [6.45, 7) is 5.51. The van der Waals surface area contributed by atoms with Crippen LogP contribution in [0.1, 0.15) is 19.7 Å². The maximum absolute atomic E-state index is 11.5. The number of hydrogen-bond acceptors (Lipinski definition) is 7. The van der Waals surface area contributed by atoms with Gasteiger partial charge in [0.2, 0.25) is 11.7 Å². The Labute approximate surface area is 121 Å². The summed E-state index contributed by atoms with van der Waals surface area (Å²) in [4.78, 5) is 18.7. The predicted molar refractivity (Wildman–Crippen MR) is 75.2 cm³/mol. The number of likely N-dealkylation sites (N-methyl/N-ethyl adjacent to an activating group) is 1. The highest BCUT2D eigenvalue weighted by Crippen LogP contribution is 2.21. The number of hydrogen-bond donors (Lipinski definition) is 0. The zero-order valence-electron chi connectivity index (χ0n) is 11.5. The molecule has 0 spiro atoms. The van der Waals surface area contributed by atoms with Crippen molar-refractivity contribution in [3.05, 3.63) is 23.4 Å². The number of carbonyl (C=O) groups is 1. The summed E-state index contributed by atoms with van der Waals surface area (Å²) in [5.74, 6) is 0.842. The summed E-state index contributed by atoms with van der Waals surface area (Å²) in [6.07, 6.45) is 0. The van der Waals surface area contributed by atoms with Gasteiger partial charge in [0.1, 0.15) is 0 Å². The number of rotatable bonds is 7. The van der Waals surface area contributed by atoms with E-state index in [-0.39, 0.29) is 12.5 Å². The van der Waals surface area contributed by atoms with Gasteiger partial charge in [0.15, 0.2) is 0 Å². The Morgan fingerprint density at radius 3 is 3.00 bits per heavy atom. The Morgan fingerprint density at radius 2 is 2.35 bits per heavy atom. The minimum Gasteiger partial charge on any atom is -0.465 e. The molecule has 0 bridgehead atoms. The van der Waals surface area contributed by atoms with E-state index in [1.54, 1.807) is 18.3 Å². The molecule has 0 saturated heterocycles. The van der Waals surface area contributed by atoms with Gasteiger partial charge in [-0.1, -0.05) is 18.1 Å². The fourth-order valence-electron chi connectivity index (χ4n) is 1.68. The van der Waals surface area contributed by atoms with Gasteiger partial charge < -0.3 is 9.26 Å². The van der Waals surface area contributed by atoms with Crippen LogP contribution in [0.2, 0.25) is 0 Å². The third-order valence-electron chi connectivity index (χ3n) is 2.67. The summed E-state index contributed by atoms with van der Waals surface area (Å²) in [5, 5.41) is 5.91. The van der Waals surface area contributed by atoms with E-state index in [1.807, 2.05) is 29.3 Å².